The lowest BCUT2D eigenvalue weighted by Gasteiger charge is -2.23. The van der Waals surface area contributed by atoms with Gasteiger partial charge in [-0.2, -0.15) is 0 Å². The quantitative estimate of drug-likeness (QED) is 0.103. The fourth-order valence-electron chi connectivity index (χ4n) is 4.92. The van der Waals surface area contributed by atoms with Crippen LogP contribution < -0.4 is 14.2 Å². The summed E-state index contributed by atoms with van der Waals surface area (Å²) in [4.78, 5) is 27.5. The van der Waals surface area contributed by atoms with Crippen molar-refractivity contribution in [1.29, 1.82) is 0 Å². The van der Waals surface area contributed by atoms with Crippen molar-refractivity contribution in [2.45, 2.75) is 39.7 Å². The van der Waals surface area contributed by atoms with E-state index in [0.717, 1.165) is 28.0 Å². The summed E-state index contributed by atoms with van der Waals surface area (Å²) in [6.45, 7) is 3.87. The SMILES string of the molecule is CCOC(=O)CCN(Cc1cccc(OCc2ccccc2)c1)C(=O)c1ccc(OCc2cccc(OCc3ccccc3)c2)cc1. The summed E-state index contributed by atoms with van der Waals surface area (Å²) in [7, 11) is 0. The molecule has 1 amide bonds. The molecule has 0 bridgehead atoms. The second-order valence-electron chi connectivity index (χ2n) is 10.9. The molecule has 0 fully saturated rings. The van der Waals surface area contributed by atoms with Gasteiger partial charge in [0, 0.05) is 18.7 Å². The summed E-state index contributed by atoms with van der Waals surface area (Å²) in [6.07, 6.45) is 0.0963. The fourth-order valence-corrected chi connectivity index (χ4v) is 4.92. The molecule has 0 atom stereocenters. The standard InChI is InChI=1S/C40H39NO6/c1-2-44-39(42)23-24-41(27-33-15-9-17-37(25-33)46-28-31-11-5-3-6-12-31)40(43)35-19-21-36(22-20-35)45-30-34-16-10-18-38(26-34)47-29-32-13-7-4-8-14-32/h3-22,25-26H,2,23-24,27-30H2,1H3. The van der Waals surface area contributed by atoms with Crippen LogP contribution in [0.15, 0.2) is 133 Å². The normalized spacial score (nSPS) is 10.6. The highest BCUT2D eigenvalue weighted by Gasteiger charge is 2.19. The molecule has 7 heteroatoms. The van der Waals surface area contributed by atoms with Gasteiger partial charge in [0.2, 0.25) is 0 Å². The minimum atomic E-state index is -0.344. The minimum Gasteiger partial charge on any atom is -0.489 e. The Morgan fingerprint density at radius 3 is 1.66 bits per heavy atom. The molecule has 0 N–H and O–H groups in total. The molecule has 0 aliphatic carbocycles. The van der Waals surface area contributed by atoms with E-state index in [2.05, 4.69) is 0 Å². The summed E-state index contributed by atoms with van der Waals surface area (Å²) < 4.78 is 23.1. The zero-order valence-corrected chi connectivity index (χ0v) is 26.5. The lowest BCUT2D eigenvalue weighted by Crippen LogP contribution is -2.33. The first-order valence-corrected chi connectivity index (χ1v) is 15.7. The van der Waals surface area contributed by atoms with Gasteiger partial charge in [0.15, 0.2) is 0 Å². The number of carbonyl (C=O) groups excluding carboxylic acids is 2. The van der Waals surface area contributed by atoms with Crippen LogP contribution >= 0.6 is 0 Å². The highest BCUT2D eigenvalue weighted by molar-refractivity contribution is 5.94. The first-order chi connectivity index (χ1) is 23.1. The number of ether oxygens (including phenoxy) is 4. The van der Waals surface area contributed by atoms with E-state index in [9.17, 15) is 9.59 Å². The molecule has 0 spiro atoms. The van der Waals surface area contributed by atoms with Gasteiger partial charge in [0.05, 0.1) is 13.0 Å². The van der Waals surface area contributed by atoms with Crippen LogP contribution in [-0.4, -0.2) is 29.9 Å². The highest BCUT2D eigenvalue weighted by Crippen LogP contribution is 2.21. The van der Waals surface area contributed by atoms with Crippen molar-refractivity contribution >= 4 is 11.9 Å². The number of amides is 1. The Labute approximate surface area is 276 Å². The molecule has 5 rings (SSSR count). The Bertz CT molecular complexity index is 1710. The van der Waals surface area contributed by atoms with E-state index in [0.29, 0.717) is 50.0 Å². The van der Waals surface area contributed by atoms with Crippen molar-refractivity contribution in [3.63, 3.8) is 0 Å². The van der Waals surface area contributed by atoms with Gasteiger partial charge in [-0.3, -0.25) is 9.59 Å². The Morgan fingerprint density at radius 1 is 0.553 bits per heavy atom. The average Bonchev–Trinajstić information content (AvgIpc) is 3.12. The first kappa shape index (κ1) is 32.8. The molecule has 0 saturated heterocycles. The molecule has 47 heavy (non-hydrogen) atoms. The topological polar surface area (TPSA) is 74.3 Å². The molecule has 0 aliphatic rings. The summed E-state index contributed by atoms with van der Waals surface area (Å²) in [5.41, 5.74) is 4.52. The summed E-state index contributed by atoms with van der Waals surface area (Å²) in [6, 6.07) is 42.5. The van der Waals surface area contributed by atoms with Gasteiger partial charge in [-0.15, -0.1) is 0 Å². The van der Waals surface area contributed by atoms with Crippen LogP contribution in [0.3, 0.4) is 0 Å². The number of hydrogen-bond donors (Lipinski definition) is 0. The predicted molar refractivity (Wildman–Crippen MR) is 181 cm³/mol. The molecule has 5 aromatic rings. The molecular formula is C40H39NO6. The number of carbonyl (C=O) groups is 2. The van der Waals surface area contributed by atoms with Crippen LogP contribution in [0.25, 0.3) is 0 Å². The van der Waals surface area contributed by atoms with Crippen molar-refractivity contribution in [2.75, 3.05) is 13.2 Å². The van der Waals surface area contributed by atoms with Gasteiger partial charge in [-0.25, -0.2) is 0 Å². The van der Waals surface area contributed by atoms with E-state index < -0.39 is 0 Å². The molecule has 0 saturated carbocycles. The van der Waals surface area contributed by atoms with Gasteiger partial charge in [0.1, 0.15) is 37.1 Å². The molecule has 240 valence electrons. The number of rotatable bonds is 16. The van der Waals surface area contributed by atoms with E-state index in [-0.39, 0.29) is 24.8 Å². The third kappa shape index (κ3) is 10.5. The highest BCUT2D eigenvalue weighted by atomic mass is 16.5. The number of benzene rings is 5. The van der Waals surface area contributed by atoms with Crippen LogP contribution in [-0.2, 0) is 35.9 Å². The van der Waals surface area contributed by atoms with E-state index >= 15 is 0 Å². The summed E-state index contributed by atoms with van der Waals surface area (Å²) in [5.74, 6) is 1.58. The van der Waals surface area contributed by atoms with Crippen molar-refractivity contribution in [2.24, 2.45) is 0 Å². The minimum absolute atomic E-state index is 0.0963. The smallest absolute Gasteiger partial charge is 0.307 e. The fraction of sp³-hybridized carbons (Fsp3) is 0.200. The Balaban J connectivity index is 1.20. The molecular weight excluding hydrogens is 590 g/mol. The maximum absolute atomic E-state index is 13.7. The third-order valence-electron chi connectivity index (χ3n) is 7.35. The Hall–Kier alpha value is -5.56. The van der Waals surface area contributed by atoms with Crippen molar-refractivity contribution in [3.05, 3.63) is 161 Å². The van der Waals surface area contributed by atoms with E-state index in [1.54, 1.807) is 36.1 Å². The molecule has 0 radical (unpaired) electrons. The Morgan fingerprint density at radius 2 is 1.06 bits per heavy atom. The molecule has 0 unspecified atom stereocenters. The second kappa shape index (κ2) is 17.2. The van der Waals surface area contributed by atoms with Gasteiger partial charge in [0.25, 0.3) is 5.91 Å². The lowest BCUT2D eigenvalue weighted by atomic mass is 10.1. The van der Waals surface area contributed by atoms with Crippen molar-refractivity contribution in [3.8, 4) is 17.2 Å². The van der Waals surface area contributed by atoms with Gasteiger partial charge in [-0.05, 0) is 77.7 Å². The molecule has 0 aromatic heterocycles. The van der Waals surface area contributed by atoms with Crippen LogP contribution in [0.4, 0.5) is 0 Å². The third-order valence-corrected chi connectivity index (χ3v) is 7.35. The number of nitrogens with zero attached hydrogens (tertiary/aromatic N) is 1. The molecule has 0 heterocycles. The number of esters is 1. The molecule has 5 aromatic carbocycles. The second-order valence-corrected chi connectivity index (χ2v) is 10.9. The predicted octanol–water partition coefficient (Wildman–Crippen LogP) is 8.02. The van der Waals surface area contributed by atoms with Crippen LogP contribution in [0, 0.1) is 0 Å². The van der Waals surface area contributed by atoms with E-state index in [4.69, 9.17) is 18.9 Å². The van der Waals surface area contributed by atoms with Crippen LogP contribution in [0.1, 0.15) is 46.0 Å². The van der Waals surface area contributed by atoms with Crippen LogP contribution in [0.2, 0.25) is 0 Å². The van der Waals surface area contributed by atoms with E-state index in [1.807, 2.05) is 109 Å². The summed E-state index contributed by atoms with van der Waals surface area (Å²) in [5, 5.41) is 0. The Kier molecular flexibility index (Phi) is 12.0. The van der Waals surface area contributed by atoms with Crippen molar-refractivity contribution < 1.29 is 28.5 Å². The largest absolute Gasteiger partial charge is 0.489 e. The zero-order chi connectivity index (χ0) is 32.7. The monoisotopic (exact) mass is 629 g/mol. The van der Waals surface area contributed by atoms with Gasteiger partial charge < -0.3 is 23.8 Å². The van der Waals surface area contributed by atoms with Gasteiger partial charge >= 0.3 is 5.97 Å². The van der Waals surface area contributed by atoms with Crippen LogP contribution in [0.5, 0.6) is 17.2 Å². The average molecular weight is 630 g/mol. The molecule has 7 nitrogen and oxygen atoms in total. The van der Waals surface area contributed by atoms with E-state index in [1.165, 1.54) is 0 Å². The first-order valence-electron chi connectivity index (χ1n) is 15.7. The van der Waals surface area contributed by atoms with Crippen molar-refractivity contribution in [1.82, 2.24) is 4.90 Å². The zero-order valence-electron chi connectivity index (χ0n) is 26.5. The maximum Gasteiger partial charge on any atom is 0.307 e. The van der Waals surface area contributed by atoms with Gasteiger partial charge in [-0.1, -0.05) is 84.9 Å². The lowest BCUT2D eigenvalue weighted by molar-refractivity contribution is -0.143. The molecule has 0 aliphatic heterocycles. The maximum atomic E-state index is 13.7. The number of hydrogen-bond acceptors (Lipinski definition) is 6. The summed E-state index contributed by atoms with van der Waals surface area (Å²) >= 11 is 0.